The molecule has 6 nitrogen and oxygen atoms in total. The van der Waals surface area contributed by atoms with Gasteiger partial charge in [-0.15, -0.1) is 0 Å². The van der Waals surface area contributed by atoms with Gasteiger partial charge in [-0.1, -0.05) is 86.4 Å². The van der Waals surface area contributed by atoms with Crippen LogP contribution in [0.2, 0.25) is 5.02 Å². The number of pyridine rings is 1. The number of nitriles is 1. The van der Waals surface area contributed by atoms with Crippen molar-refractivity contribution >= 4 is 57.7 Å². The fraction of sp³-hybridized carbons (Fsp3) is 0.429. The number of thioether (sulfide) groups is 1. The number of benzene rings is 1. The van der Waals surface area contributed by atoms with Crippen LogP contribution in [0.4, 0.5) is 5.82 Å². The summed E-state index contributed by atoms with van der Waals surface area (Å²) in [5, 5.41) is 13.9. The first kappa shape index (κ1) is 27.4. The number of anilines is 1. The zero-order chi connectivity index (χ0) is 26.5. The van der Waals surface area contributed by atoms with E-state index in [-0.39, 0.29) is 23.1 Å². The molecular formula is C28H31ClN4O2S2. The van der Waals surface area contributed by atoms with Crippen LogP contribution in [0.15, 0.2) is 34.0 Å². The second kappa shape index (κ2) is 12.3. The fourth-order valence-corrected chi connectivity index (χ4v) is 6.55. The van der Waals surface area contributed by atoms with Crippen LogP contribution in [-0.4, -0.2) is 25.7 Å². The number of unbranched alkanes of at least 4 members (excludes halogenated alkanes) is 1. The van der Waals surface area contributed by atoms with Gasteiger partial charge in [-0.3, -0.25) is 19.1 Å². The molecule has 2 heterocycles. The Hall–Kier alpha value is -2.60. The van der Waals surface area contributed by atoms with Crippen LogP contribution in [0.25, 0.3) is 6.08 Å². The number of thiocarbonyl (C=S) groups is 1. The lowest BCUT2D eigenvalue weighted by Gasteiger charge is -2.29. The zero-order valence-electron chi connectivity index (χ0n) is 21.2. The number of halogens is 1. The standard InChI is InChI=1S/C28H31ClN4O2S2/c1-3-4-14-32-25(31-17-19-10-8-9-13-23(19)29)21(18(2)22(16-30)26(32)34)15-24-27(35)33(28(36)37-24)20-11-6-5-7-12-20/h8-10,13,15,20,31H,3-7,11-12,14,17H2,1-2H3/b24-15+. The molecule has 0 bridgehead atoms. The maximum Gasteiger partial charge on any atom is 0.270 e. The molecule has 1 N–H and O–H groups in total. The number of aromatic nitrogens is 1. The normalized spacial score (nSPS) is 17.5. The molecule has 9 heteroatoms. The van der Waals surface area contributed by atoms with Crippen molar-refractivity contribution < 1.29 is 4.79 Å². The van der Waals surface area contributed by atoms with Gasteiger partial charge in [0.25, 0.3) is 11.5 Å². The van der Waals surface area contributed by atoms with Gasteiger partial charge in [0.1, 0.15) is 21.8 Å². The molecule has 1 aromatic heterocycles. The quantitative estimate of drug-likeness (QED) is 0.291. The van der Waals surface area contributed by atoms with Gasteiger partial charge < -0.3 is 5.32 Å². The molecule has 4 rings (SSSR count). The van der Waals surface area contributed by atoms with Crippen LogP contribution in [0.1, 0.15) is 74.1 Å². The molecule has 37 heavy (non-hydrogen) atoms. The SMILES string of the molecule is CCCCn1c(NCc2ccccc2Cl)c(/C=C2/SC(=S)N(C3CCCCC3)C2=O)c(C)c(C#N)c1=O. The molecule has 0 spiro atoms. The zero-order valence-corrected chi connectivity index (χ0v) is 23.6. The third-order valence-electron chi connectivity index (χ3n) is 7.05. The van der Waals surface area contributed by atoms with E-state index in [4.69, 9.17) is 23.8 Å². The minimum Gasteiger partial charge on any atom is -0.367 e. The highest BCUT2D eigenvalue weighted by molar-refractivity contribution is 8.26. The van der Waals surface area contributed by atoms with Crippen LogP contribution in [0.3, 0.4) is 0 Å². The van der Waals surface area contributed by atoms with Crippen LogP contribution >= 0.6 is 35.6 Å². The van der Waals surface area contributed by atoms with E-state index < -0.39 is 0 Å². The molecule has 2 fully saturated rings. The maximum atomic E-state index is 13.5. The van der Waals surface area contributed by atoms with Gasteiger partial charge in [0.2, 0.25) is 0 Å². The lowest BCUT2D eigenvalue weighted by Crippen LogP contribution is -2.39. The summed E-state index contributed by atoms with van der Waals surface area (Å²) in [6.45, 7) is 4.66. The predicted octanol–water partition coefficient (Wildman–Crippen LogP) is 6.63. The number of nitrogens with zero attached hydrogens (tertiary/aromatic N) is 3. The largest absolute Gasteiger partial charge is 0.367 e. The fourth-order valence-electron chi connectivity index (χ4n) is 4.97. The van der Waals surface area contributed by atoms with Crippen LogP contribution in [0.5, 0.6) is 0 Å². The Balaban J connectivity index is 1.80. The Morgan fingerprint density at radius 2 is 1.97 bits per heavy atom. The summed E-state index contributed by atoms with van der Waals surface area (Å²) in [6, 6.07) is 9.77. The van der Waals surface area contributed by atoms with Gasteiger partial charge in [-0.05, 0) is 49.5 Å². The number of hydrogen-bond acceptors (Lipinski definition) is 6. The van der Waals surface area contributed by atoms with E-state index in [2.05, 4.69) is 18.3 Å². The van der Waals surface area contributed by atoms with Gasteiger partial charge in [0, 0.05) is 29.7 Å². The van der Waals surface area contributed by atoms with Crippen LogP contribution in [-0.2, 0) is 17.9 Å². The summed E-state index contributed by atoms with van der Waals surface area (Å²) in [4.78, 5) is 29.2. The van der Waals surface area contributed by atoms with E-state index in [0.29, 0.717) is 44.3 Å². The highest BCUT2D eigenvalue weighted by Gasteiger charge is 2.38. The number of nitrogens with one attached hydrogen (secondary N) is 1. The molecule has 0 unspecified atom stereocenters. The van der Waals surface area contributed by atoms with Crippen molar-refractivity contribution in [1.29, 1.82) is 5.26 Å². The third-order valence-corrected chi connectivity index (χ3v) is 8.75. The molecule has 1 aliphatic carbocycles. The minimum absolute atomic E-state index is 0.0911. The smallest absolute Gasteiger partial charge is 0.270 e. The highest BCUT2D eigenvalue weighted by Crippen LogP contribution is 2.38. The Morgan fingerprint density at radius 3 is 2.65 bits per heavy atom. The first-order chi connectivity index (χ1) is 17.9. The van der Waals surface area contributed by atoms with E-state index in [1.54, 1.807) is 22.5 Å². The molecule has 2 aliphatic rings. The molecule has 194 valence electrons. The van der Waals surface area contributed by atoms with E-state index in [1.165, 1.54) is 18.2 Å². The summed E-state index contributed by atoms with van der Waals surface area (Å²) < 4.78 is 2.20. The third kappa shape index (κ3) is 5.79. The van der Waals surface area contributed by atoms with Crippen molar-refractivity contribution in [3.05, 3.63) is 66.8 Å². The van der Waals surface area contributed by atoms with Gasteiger partial charge in [-0.2, -0.15) is 5.26 Å². The lowest BCUT2D eigenvalue weighted by atomic mass is 9.94. The van der Waals surface area contributed by atoms with Crippen molar-refractivity contribution in [2.45, 2.75) is 77.9 Å². The number of hydrogen-bond donors (Lipinski definition) is 1. The van der Waals surface area contributed by atoms with Gasteiger partial charge >= 0.3 is 0 Å². The van der Waals surface area contributed by atoms with Crippen molar-refractivity contribution in [3.63, 3.8) is 0 Å². The molecule has 2 aromatic rings. The van der Waals surface area contributed by atoms with Crippen molar-refractivity contribution in [2.75, 3.05) is 5.32 Å². The summed E-state index contributed by atoms with van der Waals surface area (Å²) in [5.41, 5.74) is 1.85. The average molecular weight is 555 g/mol. The molecule has 1 amide bonds. The van der Waals surface area contributed by atoms with Gasteiger partial charge in [0.05, 0.1) is 4.91 Å². The monoisotopic (exact) mass is 554 g/mol. The number of carbonyl (C=O) groups is 1. The Morgan fingerprint density at radius 1 is 1.24 bits per heavy atom. The summed E-state index contributed by atoms with van der Waals surface area (Å²) >= 11 is 13.3. The summed E-state index contributed by atoms with van der Waals surface area (Å²) in [5.74, 6) is 0.487. The van der Waals surface area contributed by atoms with E-state index in [9.17, 15) is 14.9 Å². The summed E-state index contributed by atoms with van der Waals surface area (Å²) in [7, 11) is 0. The van der Waals surface area contributed by atoms with Crippen LogP contribution in [0, 0.1) is 18.3 Å². The Bertz CT molecular complexity index is 1340. The second-order valence-electron chi connectivity index (χ2n) is 9.47. The molecule has 0 atom stereocenters. The second-order valence-corrected chi connectivity index (χ2v) is 11.6. The van der Waals surface area contributed by atoms with Crippen molar-refractivity contribution in [2.24, 2.45) is 0 Å². The Kier molecular flexibility index (Phi) is 9.12. The molecule has 1 saturated carbocycles. The molecule has 1 saturated heterocycles. The van der Waals surface area contributed by atoms with Gasteiger partial charge in [-0.25, -0.2) is 0 Å². The van der Waals surface area contributed by atoms with Crippen molar-refractivity contribution in [3.8, 4) is 6.07 Å². The number of amides is 1. The van der Waals surface area contributed by atoms with Crippen molar-refractivity contribution in [1.82, 2.24) is 9.47 Å². The molecule has 1 aliphatic heterocycles. The molecule has 0 radical (unpaired) electrons. The van der Waals surface area contributed by atoms with E-state index in [0.717, 1.165) is 44.1 Å². The Labute approximate surface area is 232 Å². The summed E-state index contributed by atoms with van der Waals surface area (Å²) in [6.07, 6.45) is 8.78. The molecular weight excluding hydrogens is 524 g/mol. The first-order valence-corrected chi connectivity index (χ1v) is 14.4. The predicted molar refractivity (Wildman–Crippen MR) is 156 cm³/mol. The lowest BCUT2D eigenvalue weighted by molar-refractivity contribution is -0.124. The minimum atomic E-state index is -0.331. The van der Waals surface area contributed by atoms with E-state index >= 15 is 0 Å². The van der Waals surface area contributed by atoms with Crippen LogP contribution < -0.4 is 10.9 Å². The van der Waals surface area contributed by atoms with E-state index in [1.807, 2.05) is 24.3 Å². The first-order valence-electron chi connectivity index (χ1n) is 12.8. The number of carbonyl (C=O) groups excluding carboxylic acids is 1. The molecule has 1 aromatic carbocycles. The highest BCUT2D eigenvalue weighted by atomic mass is 35.5. The van der Waals surface area contributed by atoms with Gasteiger partial charge in [0.15, 0.2) is 0 Å². The number of rotatable bonds is 8. The topological polar surface area (TPSA) is 78.1 Å². The maximum absolute atomic E-state index is 13.5. The average Bonchev–Trinajstić information content (AvgIpc) is 3.18.